The van der Waals surface area contributed by atoms with E-state index in [1.165, 1.54) is 64.2 Å². The Bertz CT molecular complexity index is 605. The van der Waals surface area contributed by atoms with Crippen LogP contribution in [0.1, 0.15) is 78.1 Å². The van der Waals surface area contributed by atoms with Gasteiger partial charge in [0.25, 0.3) is 0 Å². The number of benzene rings is 1. The van der Waals surface area contributed by atoms with E-state index in [9.17, 15) is 8.78 Å². The Hall–Kier alpha value is -0.903. The van der Waals surface area contributed by atoms with Gasteiger partial charge in [-0.25, -0.2) is 4.39 Å². The van der Waals surface area contributed by atoms with Crippen molar-refractivity contribution in [3.05, 3.63) is 23.8 Å². The molecule has 4 heteroatoms. The number of hydrogen-bond donors (Lipinski definition) is 0. The lowest BCUT2D eigenvalue weighted by Gasteiger charge is -2.38. The van der Waals surface area contributed by atoms with Crippen molar-refractivity contribution in [1.82, 2.24) is 0 Å². The van der Waals surface area contributed by atoms with Crippen LogP contribution in [0.2, 0.25) is 6.04 Å². The minimum Gasteiger partial charge on any atom is -0.491 e. The zero-order chi connectivity index (χ0) is 19.9. The Balaban J connectivity index is 1.42. The van der Waals surface area contributed by atoms with Gasteiger partial charge in [0.2, 0.25) is 0 Å². The fourth-order valence-electron chi connectivity index (χ4n) is 5.41. The summed E-state index contributed by atoms with van der Waals surface area (Å²) in [6.45, 7) is 4.43. The molecule has 0 aliphatic heterocycles. The summed E-state index contributed by atoms with van der Waals surface area (Å²) in [5, 5.41) is 0.525. The number of rotatable bonds is 8. The van der Waals surface area contributed by atoms with E-state index in [0.717, 1.165) is 23.8 Å². The molecule has 0 N–H and O–H groups in total. The third-order valence-electron chi connectivity index (χ3n) is 7.07. The second kappa shape index (κ2) is 10.8. The van der Waals surface area contributed by atoms with Crippen molar-refractivity contribution in [3.8, 4) is 5.75 Å². The minimum atomic E-state index is -0.825. The van der Waals surface area contributed by atoms with E-state index < -0.39 is 11.6 Å². The van der Waals surface area contributed by atoms with Gasteiger partial charge in [-0.3, -0.25) is 0 Å². The lowest BCUT2D eigenvalue weighted by atomic mass is 9.69. The highest BCUT2D eigenvalue weighted by molar-refractivity contribution is 6.53. The van der Waals surface area contributed by atoms with Gasteiger partial charge in [-0.15, -0.1) is 0 Å². The third kappa shape index (κ3) is 5.58. The molecule has 1 aromatic rings. The van der Waals surface area contributed by atoms with Crippen LogP contribution in [-0.4, -0.2) is 16.1 Å². The van der Waals surface area contributed by atoms with Crippen molar-refractivity contribution in [2.75, 3.05) is 6.61 Å². The molecule has 2 aliphatic rings. The summed E-state index contributed by atoms with van der Waals surface area (Å²) in [5.41, 5.74) is 0. The molecule has 0 heterocycles. The Morgan fingerprint density at radius 2 is 1.46 bits per heavy atom. The molecule has 2 fully saturated rings. The van der Waals surface area contributed by atoms with Crippen molar-refractivity contribution >= 4 is 14.7 Å². The molecular formula is C24H36F2OSi. The van der Waals surface area contributed by atoms with Crippen LogP contribution < -0.4 is 9.92 Å². The largest absolute Gasteiger partial charge is 0.491 e. The molecule has 0 aromatic heterocycles. The smallest absolute Gasteiger partial charge is 0.200 e. The molecule has 2 aliphatic carbocycles. The van der Waals surface area contributed by atoms with Gasteiger partial charge in [0.05, 0.1) is 16.1 Å². The topological polar surface area (TPSA) is 9.23 Å². The average molecular weight is 407 g/mol. The fraction of sp³-hybridized carbons (Fsp3) is 0.750. The molecule has 0 saturated heterocycles. The lowest BCUT2D eigenvalue weighted by molar-refractivity contribution is 0.147. The van der Waals surface area contributed by atoms with Gasteiger partial charge in [0, 0.05) is 0 Å². The molecule has 3 rings (SSSR count). The highest BCUT2D eigenvalue weighted by atomic mass is 28.2. The molecular weight excluding hydrogens is 370 g/mol. The zero-order valence-electron chi connectivity index (χ0n) is 17.6. The van der Waals surface area contributed by atoms with Crippen molar-refractivity contribution in [2.24, 2.45) is 23.7 Å². The number of hydrogen-bond acceptors (Lipinski definition) is 1. The summed E-state index contributed by atoms with van der Waals surface area (Å²) < 4.78 is 33.5. The Labute approximate surface area is 172 Å². The predicted molar refractivity (Wildman–Crippen MR) is 114 cm³/mol. The SMILES string of the molecule is CCCC1CCC(C2CCC(C[Si]c3ccc(OCC)c(F)c3F)CC2)CC1. The molecule has 0 bridgehead atoms. The van der Waals surface area contributed by atoms with Crippen LogP contribution in [-0.2, 0) is 0 Å². The third-order valence-corrected chi connectivity index (χ3v) is 8.62. The summed E-state index contributed by atoms with van der Waals surface area (Å²) >= 11 is 0. The zero-order valence-corrected chi connectivity index (χ0v) is 18.6. The molecule has 0 atom stereocenters. The van der Waals surface area contributed by atoms with E-state index in [1.54, 1.807) is 19.1 Å². The standard InChI is InChI=1S/C24H36F2OSi/c1-3-5-17-6-10-19(11-7-17)20-12-8-18(9-13-20)16-28-22-15-14-21(27-4-2)23(25)24(22)26/h14-15,17-20H,3-13,16H2,1-2H3. The summed E-state index contributed by atoms with van der Waals surface area (Å²) in [7, 11) is 0.353. The van der Waals surface area contributed by atoms with Gasteiger partial charge in [-0.05, 0) is 67.5 Å². The first-order valence-corrected chi connectivity index (χ1v) is 12.7. The maximum atomic E-state index is 14.3. The second-order valence-corrected chi connectivity index (χ2v) is 10.2. The van der Waals surface area contributed by atoms with Crippen molar-refractivity contribution < 1.29 is 13.5 Å². The molecule has 0 amide bonds. The maximum Gasteiger partial charge on any atom is 0.200 e. The molecule has 156 valence electrons. The van der Waals surface area contributed by atoms with Crippen LogP contribution in [0.5, 0.6) is 5.75 Å². The van der Waals surface area contributed by atoms with Crippen LogP contribution in [0.25, 0.3) is 0 Å². The van der Waals surface area contributed by atoms with Gasteiger partial charge in [0.1, 0.15) is 0 Å². The minimum absolute atomic E-state index is 0.0303. The van der Waals surface area contributed by atoms with Gasteiger partial charge in [0.15, 0.2) is 17.4 Å². The van der Waals surface area contributed by atoms with Crippen LogP contribution in [0.4, 0.5) is 8.78 Å². The lowest BCUT2D eigenvalue weighted by Crippen LogP contribution is -2.28. The van der Waals surface area contributed by atoms with Crippen molar-refractivity contribution in [3.63, 3.8) is 0 Å². The predicted octanol–water partition coefficient (Wildman–Crippen LogP) is 6.52. The van der Waals surface area contributed by atoms with E-state index in [0.29, 0.717) is 27.2 Å². The van der Waals surface area contributed by atoms with Crippen LogP contribution in [0, 0.1) is 35.3 Å². The quantitative estimate of drug-likeness (QED) is 0.446. The van der Waals surface area contributed by atoms with E-state index in [4.69, 9.17) is 4.74 Å². The molecule has 0 spiro atoms. The summed E-state index contributed by atoms with van der Waals surface area (Å²) in [6.07, 6.45) is 13.8. The normalized spacial score (nSPS) is 28.3. The van der Waals surface area contributed by atoms with E-state index in [2.05, 4.69) is 6.92 Å². The average Bonchev–Trinajstić information content (AvgIpc) is 2.72. The maximum absolute atomic E-state index is 14.3. The second-order valence-electron chi connectivity index (χ2n) is 8.90. The van der Waals surface area contributed by atoms with Gasteiger partial charge in [-0.2, -0.15) is 4.39 Å². The highest BCUT2D eigenvalue weighted by Gasteiger charge is 2.30. The van der Waals surface area contributed by atoms with Gasteiger partial charge < -0.3 is 4.74 Å². The van der Waals surface area contributed by atoms with E-state index >= 15 is 0 Å². The molecule has 0 unspecified atom stereocenters. The summed E-state index contributed by atoms with van der Waals surface area (Å²) in [5.74, 6) is 2.04. The van der Waals surface area contributed by atoms with Crippen LogP contribution in [0.3, 0.4) is 0 Å². The fourth-order valence-corrected chi connectivity index (χ4v) is 6.79. The molecule has 1 nitrogen and oxygen atoms in total. The van der Waals surface area contributed by atoms with Gasteiger partial charge >= 0.3 is 0 Å². The Kier molecular flexibility index (Phi) is 8.37. The molecule has 28 heavy (non-hydrogen) atoms. The molecule has 1 aromatic carbocycles. The van der Waals surface area contributed by atoms with E-state index in [1.807, 2.05) is 0 Å². The first-order valence-electron chi connectivity index (χ1n) is 11.5. The molecule has 2 saturated carbocycles. The van der Waals surface area contributed by atoms with Crippen molar-refractivity contribution in [2.45, 2.75) is 84.1 Å². The first-order chi connectivity index (χ1) is 13.6. The van der Waals surface area contributed by atoms with Crippen molar-refractivity contribution in [1.29, 1.82) is 0 Å². The van der Waals surface area contributed by atoms with Crippen LogP contribution >= 0.6 is 0 Å². The molecule has 2 radical (unpaired) electrons. The highest BCUT2D eigenvalue weighted by Crippen LogP contribution is 2.42. The monoisotopic (exact) mass is 406 g/mol. The Morgan fingerprint density at radius 3 is 2.04 bits per heavy atom. The Morgan fingerprint density at radius 1 is 0.857 bits per heavy atom. The van der Waals surface area contributed by atoms with E-state index in [-0.39, 0.29) is 5.75 Å². The van der Waals surface area contributed by atoms with Crippen LogP contribution in [0.15, 0.2) is 12.1 Å². The van der Waals surface area contributed by atoms with Gasteiger partial charge in [-0.1, -0.05) is 57.6 Å². The summed E-state index contributed by atoms with van der Waals surface area (Å²) in [6, 6.07) is 4.29. The first kappa shape index (κ1) is 21.8. The number of halogens is 2. The summed E-state index contributed by atoms with van der Waals surface area (Å²) in [4.78, 5) is 0. The number of ether oxygens (including phenoxy) is 1.